The number of allylic oxidation sites excluding steroid dienone is 6. The summed E-state index contributed by atoms with van der Waals surface area (Å²) in [4.78, 5) is 9.70. The van der Waals surface area contributed by atoms with Crippen LogP contribution in [0, 0.1) is 17.7 Å². The highest BCUT2D eigenvalue weighted by Crippen LogP contribution is 2.36. The summed E-state index contributed by atoms with van der Waals surface area (Å²) < 4.78 is 21.4. The Kier molecular flexibility index (Phi) is 11.7. The third-order valence-corrected chi connectivity index (χ3v) is 11.1. The van der Waals surface area contributed by atoms with Crippen molar-refractivity contribution in [3.05, 3.63) is 99.7 Å². The average Bonchev–Trinajstić information content (AvgIpc) is 3.04. The number of anilines is 1. The number of halogens is 1. The summed E-state index contributed by atoms with van der Waals surface area (Å²) in [5.41, 5.74) is 10.1. The molecule has 6 rings (SSSR count). The SMILES string of the molecule is C=C1CN(C(/C=C/CC)=C(\C)C2=C(C)OCCN2)CC/C1=C/N=C(C)Nc1ccc(CC(=C2CCC2)N2CCC(C3CNC3)CC2)c(F)c1. The highest BCUT2D eigenvalue weighted by Gasteiger charge is 2.32. The minimum absolute atomic E-state index is 0.151. The van der Waals surface area contributed by atoms with E-state index in [1.54, 1.807) is 6.07 Å². The van der Waals surface area contributed by atoms with Gasteiger partial charge in [0.15, 0.2) is 0 Å². The third kappa shape index (κ3) is 8.51. The first-order chi connectivity index (χ1) is 23.8. The maximum Gasteiger partial charge on any atom is 0.128 e. The lowest BCUT2D eigenvalue weighted by atomic mass is 9.80. The summed E-state index contributed by atoms with van der Waals surface area (Å²) in [5, 5.41) is 10.3. The van der Waals surface area contributed by atoms with Crippen LogP contribution in [0.5, 0.6) is 0 Å². The maximum absolute atomic E-state index is 15.6. The molecule has 1 saturated carbocycles. The fourth-order valence-electron chi connectivity index (χ4n) is 7.76. The molecule has 0 unspecified atom stereocenters. The van der Waals surface area contributed by atoms with Crippen LogP contribution in [0.4, 0.5) is 10.1 Å². The number of rotatable bonds is 10. The molecule has 0 amide bonds. The Balaban J connectivity index is 1.07. The van der Waals surface area contributed by atoms with Gasteiger partial charge in [0.05, 0.1) is 5.70 Å². The Morgan fingerprint density at radius 3 is 2.53 bits per heavy atom. The van der Waals surface area contributed by atoms with E-state index in [0.717, 1.165) is 110 Å². The second-order valence-corrected chi connectivity index (χ2v) is 14.4. The predicted octanol–water partition coefficient (Wildman–Crippen LogP) is 7.81. The third-order valence-electron chi connectivity index (χ3n) is 11.1. The molecule has 0 radical (unpaired) electrons. The van der Waals surface area contributed by atoms with Gasteiger partial charge in [-0.3, -0.25) is 0 Å². The molecule has 4 fully saturated rings. The molecular weight excluding hydrogens is 611 g/mol. The molecule has 7 nitrogen and oxygen atoms in total. The lowest BCUT2D eigenvalue weighted by Crippen LogP contribution is -2.49. The normalized spacial score (nSPS) is 22.6. The van der Waals surface area contributed by atoms with E-state index in [-0.39, 0.29) is 5.82 Å². The van der Waals surface area contributed by atoms with E-state index in [9.17, 15) is 0 Å². The van der Waals surface area contributed by atoms with Crippen LogP contribution >= 0.6 is 0 Å². The summed E-state index contributed by atoms with van der Waals surface area (Å²) in [7, 11) is 0. The lowest BCUT2D eigenvalue weighted by Gasteiger charge is -2.43. The average molecular weight is 669 g/mol. The van der Waals surface area contributed by atoms with Gasteiger partial charge in [0, 0.05) is 62.4 Å². The quantitative estimate of drug-likeness (QED) is 0.134. The first-order valence-corrected chi connectivity index (χ1v) is 18.6. The van der Waals surface area contributed by atoms with E-state index in [1.165, 1.54) is 54.9 Å². The van der Waals surface area contributed by atoms with E-state index >= 15 is 4.39 Å². The van der Waals surface area contributed by atoms with Crippen LogP contribution < -0.4 is 16.0 Å². The zero-order valence-corrected chi connectivity index (χ0v) is 30.3. The van der Waals surface area contributed by atoms with Gasteiger partial charge in [0.25, 0.3) is 0 Å². The van der Waals surface area contributed by atoms with Crippen molar-refractivity contribution in [2.45, 2.75) is 79.1 Å². The van der Waals surface area contributed by atoms with E-state index in [0.29, 0.717) is 13.0 Å². The second-order valence-electron chi connectivity index (χ2n) is 14.4. The number of amidine groups is 1. The molecule has 0 bridgehead atoms. The lowest BCUT2D eigenvalue weighted by molar-refractivity contribution is 0.137. The minimum atomic E-state index is -0.151. The Hall–Kier alpha value is -3.78. The van der Waals surface area contributed by atoms with Gasteiger partial charge >= 0.3 is 0 Å². The van der Waals surface area contributed by atoms with Crippen LogP contribution in [-0.2, 0) is 11.2 Å². The predicted molar refractivity (Wildman–Crippen MR) is 201 cm³/mol. The van der Waals surface area contributed by atoms with Gasteiger partial charge in [-0.2, -0.15) is 0 Å². The number of benzene rings is 1. The number of likely N-dealkylation sites (tertiary alicyclic amines) is 2. The van der Waals surface area contributed by atoms with Gasteiger partial charge < -0.3 is 30.5 Å². The number of piperidine rings is 2. The molecule has 3 saturated heterocycles. The van der Waals surface area contributed by atoms with Crippen LogP contribution in [-0.4, -0.2) is 68.1 Å². The van der Waals surface area contributed by atoms with Crippen LogP contribution in [0.1, 0.15) is 78.2 Å². The number of nitrogens with one attached hydrogen (secondary N) is 3. The number of nitrogens with zero attached hydrogens (tertiary/aromatic N) is 3. The monoisotopic (exact) mass is 668 g/mol. The van der Waals surface area contributed by atoms with Crippen LogP contribution in [0.2, 0.25) is 0 Å². The van der Waals surface area contributed by atoms with Crippen molar-refractivity contribution in [3.8, 4) is 0 Å². The summed E-state index contributed by atoms with van der Waals surface area (Å²) in [6, 6.07) is 5.57. The molecule has 1 aliphatic carbocycles. The van der Waals surface area contributed by atoms with Crippen molar-refractivity contribution in [3.63, 3.8) is 0 Å². The van der Waals surface area contributed by atoms with E-state index in [2.05, 4.69) is 58.3 Å². The van der Waals surface area contributed by atoms with Crippen molar-refractivity contribution in [2.75, 3.05) is 57.7 Å². The zero-order chi connectivity index (χ0) is 34.3. The second kappa shape index (κ2) is 16.3. The highest BCUT2D eigenvalue weighted by molar-refractivity contribution is 5.93. The molecule has 3 N–H and O–H groups in total. The molecule has 1 aromatic carbocycles. The number of aliphatic imine (C=N–C) groups is 1. The molecule has 49 heavy (non-hydrogen) atoms. The fraction of sp³-hybridized carbons (Fsp3) is 0.537. The summed E-state index contributed by atoms with van der Waals surface area (Å²) in [6.07, 6.45) is 15.0. The first-order valence-electron chi connectivity index (χ1n) is 18.6. The van der Waals surface area contributed by atoms with Gasteiger partial charge in [-0.15, -0.1) is 0 Å². The summed E-state index contributed by atoms with van der Waals surface area (Å²) in [6.45, 7) is 20.4. The summed E-state index contributed by atoms with van der Waals surface area (Å²) in [5.74, 6) is 3.22. The van der Waals surface area contributed by atoms with Gasteiger partial charge in [-0.25, -0.2) is 9.38 Å². The van der Waals surface area contributed by atoms with Crippen LogP contribution in [0.15, 0.2) is 93.3 Å². The molecule has 0 atom stereocenters. The first kappa shape index (κ1) is 35.1. The summed E-state index contributed by atoms with van der Waals surface area (Å²) >= 11 is 0. The van der Waals surface area contributed by atoms with Crippen molar-refractivity contribution < 1.29 is 9.13 Å². The smallest absolute Gasteiger partial charge is 0.128 e. The number of hydrogen-bond donors (Lipinski definition) is 3. The van der Waals surface area contributed by atoms with Gasteiger partial charge in [0.1, 0.15) is 24.0 Å². The number of hydrogen-bond acceptors (Lipinski definition) is 6. The molecule has 0 aromatic heterocycles. The highest BCUT2D eigenvalue weighted by atomic mass is 19.1. The number of ether oxygens (including phenoxy) is 1. The molecule has 4 heterocycles. The van der Waals surface area contributed by atoms with Gasteiger partial charge in [0.2, 0.25) is 0 Å². The molecule has 264 valence electrons. The molecule has 8 heteroatoms. The van der Waals surface area contributed by atoms with E-state index in [1.807, 2.05) is 32.2 Å². The zero-order valence-electron chi connectivity index (χ0n) is 30.3. The fourth-order valence-corrected chi connectivity index (χ4v) is 7.76. The largest absolute Gasteiger partial charge is 0.494 e. The Morgan fingerprint density at radius 1 is 1.10 bits per heavy atom. The molecular formula is C41H57FN6O. The maximum atomic E-state index is 15.6. The standard InChI is InChI=1S/C41H57FN6O/c1-6-7-11-39(29(3)41-30(4)49-21-17-44-41)48-20-16-35(28(2)27-48)26-45-31(5)46-37-13-12-34(38(42)23-37)22-40(33-9-8-10-33)47-18-14-32(15-19-47)36-24-43-25-36/h7,11-13,23,26,32,36,43-44H,2,6,8-10,14-22,24-25,27H2,1,3-5H3,(H,45,46)/b11-7+,35-26-,39-29+. The van der Waals surface area contributed by atoms with Crippen LogP contribution in [0.3, 0.4) is 0 Å². The Bertz CT molecular complexity index is 1560. The molecule has 0 spiro atoms. The Labute approximate surface area is 293 Å². The van der Waals surface area contributed by atoms with E-state index < -0.39 is 0 Å². The molecule has 5 aliphatic rings. The van der Waals surface area contributed by atoms with Crippen molar-refractivity contribution in [1.82, 2.24) is 20.4 Å². The molecule has 1 aromatic rings. The van der Waals surface area contributed by atoms with Crippen molar-refractivity contribution in [2.24, 2.45) is 16.8 Å². The van der Waals surface area contributed by atoms with Gasteiger partial charge in [-0.05, 0) is 131 Å². The van der Waals surface area contributed by atoms with Crippen LogP contribution in [0.25, 0.3) is 0 Å². The topological polar surface area (TPSA) is 64.2 Å². The Morgan fingerprint density at radius 2 is 1.90 bits per heavy atom. The molecule has 4 aliphatic heterocycles. The van der Waals surface area contributed by atoms with Crippen molar-refractivity contribution >= 4 is 11.5 Å². The van der Waals surface area contributed by atoms with E-state index in [4.69, 9.17) is 9.73 Å². The van der Waals surface area contributed by atoms with Crippen molar-refractivity contribution in [1.29, 1.82) is 0 Å². The minimum Gasteiger partial charge on any atom is -0.494 e. The van der Waals surface area contributed by atoms with Gasteiger partial charge in [-0.1, -0.05) is 31.2 Å².